The monoisotopic (exact) mass is 284 g/mol. The molecular weight excluding hydrogens is 269 g/mol. The molecule has 20 heavy (non-hydrogen) atoms. The third-order valence-corrected chi connectivity index (χ3v) is 3.02. The van der Waals surface area contributed by atoms with Gasteiger partial charge in [0.05, 0.1) is 11.7 Å². The fraction of sp³-hybridized carbons (Fsp3) is 0.357. The predicted octanol–water partition coefficient (Wildman–Crippen LogP) is 2.99. The van der Waals surface area contributed by atoms with Crippen molar-refractivity contribution in [1.82, 2.24) is 9.55 Å². The van der Waals surface area contributed by atoms with E-state index in [0.717, 1.165) is 6.42 Å². The Morgan fingerprint density at radius 3 is 2.50 bits per heavy atom. The highest BCUT2D eigenvalue weighted by Gasteiger charge is 2.21. The molecule has 0 amide bonds. The molecule has 0 saturated carbocycles. The largest absolute Gasteiger partial charge is 0.388 e. The molecule has 3 nitrogen and oxygen atoms in total. The van der Waals surface area contributed by atoms with Gasteiger partial charge in [-0.1, -0.05) is 6.92 Å². The molecule has 2 rings (SSSR count). The van der Waals surface area contributed by atoms with Gasteiger partial charge in [0, 0.05) is 37.5 Å². The Morgan fingerprint density at radius 2 is 1.90 bits per heavy atom. The lowest BCUT2D eigenvalue weighted by molar-refractivity contribution is 0.164. The van der Waals surface area contributed by atoms with E-state index in [1.165, 1.54) is 0 Å². The maximum absolute atomic E-state index is 13.6. The van der Waals surface area contributed by atoms with Crippen molar-refractivity contribution in [3.63, 3.8) is 0 Å². The minimum atomic E-state index is -1.41. The van der Waals surface area contributed by atoms with Crippen LogP contribution >= 0.6 is 0 Å². The second-order valence-corrected chi connectivity index (χ2v) is 4.54. The predicted molar refractivity (Wildman–Crippen MR) is 67.5 cm³/mol. The molecule has 0 radical (unpaired) electrons. The van der Waals surface area contributed by atoms with E-state index >= 15 is 0 Å². The van der Waals surface area contributed by atoms with Crippen molar-refractivity contribution in [3.8, 4) is 0 Å². The molecule has 1 N–H and O–H groups in total. The van der Waals surface area contributed by atoms with Crippen LogP contribution in [0.2, 0.25) is 0 Å². The number of aryl methyl sites for hydroxylation is 1. The number of imidazole rings is 1. The highest BCUT2D eigenvalue weighted by molar-refractivity contribution is 5.24. The smallest absolute Gasteiger partial charge is 0.134 e. The average Bonchev–Trinajstić information content (AvgIpc) is 2.75. The molecule has 1 unspecified atom stereocenters. The van der Waals surface area contributed by atoms with Gasteiger partial charge in [-0.2, -0.15) is 0 Å². The molecule has 1 atom stereocenters. The zero-order valence-electron chi connectivity index (χ0n) is 11.0. The molecule has 0 aliphatic heterocycles. The molecule has 0 saturated heterocycles. The fourth-order valence-electron chi connectivity index (χ4n) is 2.12. The zero-order valence-corrected chi connectivity index (χ0v) is 11.0. The molecule has 1 aromatic heterocycles. The van der Waals surface area contributed by atoms with Crippen molar-refractivity contribution in [2.24, 2.45) is 0 Å². The van der Waals surface area contributed by atoms with Gasteiger partial charge >= 0.3 is 0 Å². The summed E-state index contributed by atoms with van der Waals surface area (Å²) >= 11 is 0. The fourth-order valence-corrected chi connectivity index (χ4v) is 2.12. The molecule has 1 aromatic carbocycles. The molecular formula is C14H15F3N2O. The third-order valence-electron chi connectivity index (χ3n) is 3.02. The van der Waals surface area contributed by atoms with Gasteiger partial charge in [0.25, 0.3) is 0 Å². The summed E-state index contributed by atoms with van der Waals surface area (Å²) in [6.07, 6.45) is 2.73. The third kappa shape index (κ3) is 3.01. The molecule has 0 fully saturated rings. The quantitative estimate of drug-likeness (QED) is 0.916. The normalized spacial score (nSPS) is 12.7. The molecule has 2 aromatic rings. The van der Waals surface area contributed by atoms with E-state index in [1.54, 1.807) is 12.4 Å². The SMILES string of the molecule is CCCn1ccnc1CC(O)c1c(F)cc(F)cc1F. The Labute approximate surface area is 114 Å². The summed E-state index contributed by atoms with van der Waals surface area (Å²) in [5.41, 5.74) is -0.530. The number of halogens is 3. The maximum Gasteiger partial charge on any atom is 0.134 e. The van der Waals surface area contributed by atoms with E-state index in [9.17, 15) is 18.3 Å². The van der Waals surface area contributed by atoms with E-state index in [-0.39, 0.29) is 6.42 Å². The topological polar surface area (TPSA) is 38.0 Å². The standard InChI is InChI=1S/C14H15F3N2O/c1-2-4-19-5-3-18-13(19)8-12(20)14-10(16)6-9(15)7-11(14)17/h3,5-7,12,20H,2,4,8H2,1H3. The van der Waals surface area contributed by atoms with Crippen molar-refractivity contribution < 1.29 is 18.3 Å². The van der Waals surface area contributed by atoms with E-state index in [1.807, 2.05) is 11.5 Å². The van der Waals surface area contributed by atoms with Gasteiger partial charge in [-0.15, -0.1) is 0 Å². The first-order valence-electron chi connectivity index (χ1n) is 6.35. The number of hydrogen-bond donors (Lipinski definition) is 1. The van der Waals surface area contributed by atoms with Crippen molar-refractivity contribution in [2.45, 2.75) is 32.4 Å². The van der Waals surface area contributed by atoms with Gasteiger partial charge in [-0.05, 0) is 6.42 Å². The molecule has 1 heterocycles. The number of rotatable bonds is 5. The van der Waals surface area contributed by atoms with Crippen molar-refractivity contribution >= 4 is 0 Å². The van der Waals surface area contributed by atoms with Gasteiger partial charge in [0.1, 0.15) is 23.3 Å². The Hall–Kier alpha value is -1.82. The number of aromatic nitrogens is 2. The summed E-state index contributed by atoms with van der Waals surface area (Å²) in [4.78, 5) is 4.06. The van der Waals surface area contributed by atoms with Crippen LogP contribution in [0.1, 0.15) is 30.8 Å². The highest BCUT2D eigenvalue weighted by atomic mass is 19.1. The molecule has 108 valence electrons. The van der Waals surface area contributed by atoms with E-state index in [2.05, 4.69) is 4.98 Å². The highest BCUT2D eigenvalue weighted by Crippen LogP contribution is 2.24. The summed E-state index contributed by atoms with van der Waals surface area (Å²) < 4.78 is 41.8. The second kappa shape index (κ2) is 6.09. The first-order chi connectivity index (χ1) is 9.52. The average molecular weight is 284 g/mol. The Kier molecular flexibility index (Phi) is 4.44. The van der Waals surface area contributed by atoms with E-state index in [0.29, 0.717) is 24.5 Å². The summed E-state index contributed by atoms with van der Waals surface area (Å²) in [6, 6.07) is 1.11. The van der Waals surface area contributed by atoms with Gasteiger partial charge in [-0.25, -0.2) is 18.2 Å². The van der Waals surface area contributed by atoms with Crippen LogP contribution in [-0.4, -0.2) is 14.7 Å². The van der Waals surface area contributed by atoms with E-state index < -0.39 is 29.1 Å². The van der Waals surface area contributed by atoms with Crippen LogP contribution < -0.4 is 0 Å². The number of benzene rings is 1. The van der Waals surface area contributed by atoms with Gasteiger partial charge in [-0.3, -0.25) is 0 Å². The van der Waals surface area contributed by atoms with Gasteiger partial charge < -0.3 is 9.67 Å². The number of hydrogen-bond acceptors (Lipinski definition) is 2. The summed E-state index contributed by atoms with van der Waals surface area (Å²) in [6.45, 7) is 2.69. The van der Waals surface area contributed by atoms with Crippen LogP contribution in [0.5, 0.6) is 0 Å². The number of aliphatic hydroxyl groups excluding tert-OH is 1. The van der Waals surface area contributed by atoms with Crippen LogP contribution in [0.4, 0.5) is 13.2 Å². The van der Waals surface area contributed by atoms with Crippen LogP contribution in [0.3, 0.4) is 0 Å². The van der Waals surface area contributed by atoms with Crippen LogP contribution in [-0.2, 0) is 13.0 Å². The van der Waals surface area contributed by atoms with Gasteiger partial charge in [0.2, 0.25) is 0 Å². The summed E-state index contributed by atoms with van der Waals surface area (Å²) in [7, 11) is 0. The summed E-state index contributed by atoms with van der Waals surface area (Å²) in [5, 5.41) is 9.98. The Morgan fingerprint density at radius 1 is 1.25 bits per heavy atom. The Bertz CT molecular complexity index is 575. The number of aliphatic hydroxyl groups is 1. The minimum Gasteiger partial charge on any atom is -0.388 e. The maximum atomic E-state index is 13.6. The first-order valence-corrected chi connectivity index (χ1v) is 6.35. The lowest BCUT2D eigenvalue weighted by Crippen LogP contribution is -2.12. The van der Waals surface area contributed by atoms with Gasteiger partial charge in [0.15, 0.2) is 0 Å². The molecule has 0 aliphatic rings. The summed E-state index contributed by atoms with van der Waals surface area (Å²) in [5.74, 6) is -2.67. The second-order valence-electron chi connectivity index (χ2n) is 4.54. The zero-order chi connectivity index (χ0) is 14.7. The van der Waals surface area contributed by atoms with Crippen molar-refractivity contribution in [3.05, 3.63) is 53.4 Å². The number of nitrogens with zero attached hydrogens (tertiary/aromatic N) is 2. The van der Waals surface area contributed by atoms with Crippen LogP contribution in [0, 0.1) is 17.5 Å². The van der Waals surface area contributed by atoms with Crippen molar-refractivity contribution in [1.29, 1.82) is 0 Å². The van der Waals surface area contributed by atoms with Crippen LogP contribution in [0.25, 0.3) is 0 Å². The molecule has 0 spiro atoms. The molecule has 0 aliphatic carbocycles. The lowest BCUT2D eigenvalue weighted by atomic mass is 10.0. The Balaban J connectivity index is 2.24. The lowest BCUT2D eigenvalue weighted by Gasteiger charge is -2.14. The van der Waals surface area contributed by atoms with Crippen molar-refractivity contribution in [2.75, 3.05) is 0 Å². The molecule has 0 bridgehead atoms. The van der Waals surface area contributed by atoms with E-state index in [4.69, 9.17) is 0 Å². The minimum absolute atomic E-state index is 0.0352. The van der Waals surface area contributed by atoms with Crippen LogP contribution in [0.15, 0.2) is 24.5 Å². The molecule has 6 heteroatoms. The first kappa shape index (κ1) is 14.6.